The predicted molar refractivity (Wildman–Crippen MR) is 102 cm³/mol. The van der Waals surface area contributed by atoms with E-state index in [0.717, 1.165) is 12.8 Å². The second-order valence-electron chi connectivity index (χ2n) is 6.95. The van der Waals surface area contributed by atoms with E-state index in [0.29, 0.717) is 18.4 Å². The first kappa shape index (κ1) is 22.2. The number of hydrogen-bond acceptors (Lipinski definition) is 7. The van der Waals surface area contributed by atoms with Gasteiger partial charge < -0.3 is 24.8 Å². The maximum atomic E-state index is 12.3. The van der Waals surface area contributed by atoms with Crippen LogP contribution in [-0.2, 0) is 30.3 Å². The van der Waals surface area contributed by atoms with E-state index in [1.165, 1.54) is 31.0 Å². The molecule has 29 heavy (non-hydrogen) atoms. The number of aromatic hydroxyl groups is 1. The smallest absolute Gasteiger partial charge is 0.413 e. The number of Topliss-reactive ketones (excluding diaryl/α,β-unsaturated/α-hetero) is 1. The average molecular weight is 406 g/mol. The second-order valence-corrected chi connectivity index (χ2v) is 6.95. The summed E-state index contributed by atoms with van der Waals surface area (Å²) < 4.78 is 9.92. The Balaban J connectivity index is 1.86. The number of hydrogen-bond donors (Lipinski definition) is 2. The number of rotatable bonds is 7. The van der Waals surface area contributed by atoms with Crippen molar-refractivity contribution in [2.24, 2.45) is 0 Å². The molecule has 0 aromatic heterocycles. The fraction of sp³-hybridized carbons (Fsp3) is 0.500. The summed E-state index contributed by atoms with van der Waals surface area (Å²) in [5.41, 5.74) is 0.700. The normalized spacial score (nSPS) is 17.2. The van der Waals surface area contributed by atoms with Crippen LogP contribution < -0.4 is 5.32 Å². The average Bonchev–Trinajstić information content (AvgIpc) is 2.68. The van der Waals surface area contributed by atoms with E-state index in [1.54, 1.807) is 12.1 Å². The number of esters is 1. The third-order valence-corrected chi connectivity index (χ3v) is 4.70. The molecule has 9 nitrogen and oxygen atoms in total. The molecule has 0 spiro atoms. The van der Waals surface area contributed by atoms with Crippen molar-refractivity contribution in [3.8, 4) is 5.75 Å². The summed E-state index contributed by atoms with van der Waals surface area (Å²) in [5.74, 6) is -1.11. The van der Waals surface area contributed by atoms with Gasteiger partial charge in [-0.2, -0.15) is 0 Å². The number of nitrogens with zero attached hydrogens (tertiary/aromatic N) is 1. The van der Waals surface area contributed by atoms with Crippen molar-refractivity contribution < 1.29 is 33.8 Å². The molecule has 158 valence electrons. The molecule has 2 rings (SSSR count). The highest BCUT2D eigenvalue weighted by Crippen LogP contribution is 2.19. The number of benzene rings is 1. The molecule has 2 atom stereocenters. The minimum Gasteiger partial charge on any atom is -0.508 e. The van der Waals surface area contributed by atoms with Crippen LogP contribution in [0, 0.1) is 0 Å². The lowest BCUT2D eigenvalue weighted by molar-refractivity contribution is -0.156. The van der Waals surface area contributed by atoms with Gasteiger partial charge in [-0.25, -0.2) is 9.59 Å². The number of carbonyl (C=O) groups is 4. The van der Waals surface area contributed by atoms with E-state index in [2.05, 4.69) is 5.32 Å². The first-order chi connectivity index (χ1) is 13.8. The third kappa shape index (κ3) is 6.78. The number of phenols is 1. The molecule has 1 aromatic carbocycles. The zero-order valence-corrected chi connectivity index (χ0v) is 16.6. The molecule has 9 heteroatoms. The standard InChI is InChI=1S/C20H26N2O7/c1-13(23)21-16(11-14-7-9-15(24)10-8-14)19(26)28-12-29-20(27)22(2)17-5-3-4-6-18(17)25/h7-10,16-17,24H,3-6,11-12H2,1-2H3,(H,21,23). The lowest BCUT2D eigenvalue weighted by atomic mass is 9.93. The predicted octanol–water partition coefficient (Wildman–Crippen LogP) is 1.52. The molecule has 2 amide bonds. The number of likely N-dealkylation sites (N-methyl/N-ethyl adjacent to an activating group) is 1. The van der Waals surface area contributed by atoms with E-state index in [1.807, 2.05) is 0 Å². The Morgan fingerprint density at radius 3 is 2.52 bits per heavy atom. The SMILES string of the molecule is CC(=O)NC(Cc1ccc(O)cc1)C(=O)OCOC(=O)N(C)C1CCCCC1=O. The highest BCUT2D eigenvalue weighted by molar-refractivity contribution is 5.88. The fourth-order valence-electron chi connectivity index (χ4n) is 3.15. The summed E-state index contributed by atoms with van der Waals surface area (Å²) in [6.07, 6.45) is 2.09. The molecule has 2 N–H and O–H groups in total. The first-order valence-electron chi connectivity index (χ1n) is 9.42. The second kappa shape index (κ2) is 10.4. The van der Waals surface area contributed by atoms with Gasteiger partial charge in [-0.15, -0.1) is 0 Å². The Bertz CT molecular complexity index is 748. The van der Waals surface area contributed by atoms with Crippen LogP contribution in [0.2, 0.25) is 0 Å². The number of nitrogens with one attached hydrogen (secondary N) is 1. The van der Waals surface area contributed by atoms with Gasteiger partial charge in [-0.1, -0.05) is 18.6 Å². The van der Waals surface area contributed by atoms with Gasteiger partial charge in [0.15, 0.2) is 5.78 Å². The lowest BCUT2D eigenvalue weighted by Gasteiger charge is -2.29. The van der Waals surface area contributed by atoms with Crippen LogP contribution in [0.1, 0.15) is 38.2 Å². The van der Waals surface area contributed by atoms with Crippen molar-refractivity contribution in [1.82, 2.24) is 10.2 Å². The summed E-state index contributed by atoms with van der Waals surface area (Å²) in [5, 5.41) is 11.8. The van der Waals surface area contributed by atoms with Crippen LogP contribution in [0.5, 0.6) is 5.75 Å². The number of amides is 2. The number of phenolic OH excluding ortho intramolecular Hbond substituents is 1. The van der Waals surface area contributed by atoms with Gasteiger partial charge in [-0.05, 0) is 30.5 Å². The quantitative estimate of drug-likeness (QED) is 0.520. The molecular weight excluding hydrogens is 380 g/mol. The Morgan fingerprint density at radius 2 is 1.90 bits per heavy atom. The van der Waals surface area contributed by atoms with Crippen molar-refractivity contribution in [1.29, 1.82) is 0 Å². The maximum Gasteiger partial charge on any atom is 0.413 e. The van der Waals surface area contributed by atoms with Crippen molar-refractivity contribution in [3.05, 3.63) is 29.8 Å². The Kier molecular flexibility index (Phi) is 7.99. The molecule has 1 aliphatic rings. The summed E-state index contributed by atoms with van der Waals surface area (Å²) in [6.45, 7) is 0.641. The van der Waals surface area contributed by atoms with E-state index >= 15 is 0 Å². The number of ether oxygens (including phenoxy) is 2. The molecule has 1 fully saturated rings. The van der Waals surface area contributed by atoms with E-state index in [9.17, 15) is 24.3 Å². The molecule has 1 aliphatic carbocycles. The van der Waals surface area contributed by atoms with Crippen LogP contribution in [0.15, 0.2) is 24.3 Å². The molecule has 2 unspecified atom stereocenters. The molecule has 0 aliphatic heterocycles. The third-order valence-electron chi connectivity index (χ3n) is 4.70. The van der Waals surface area contributed by atoms with E-state index in [4.69, 9.17) is 9.47 Å². The minimum absolute atomic E-state index is 0.00712. The van der Waals surface area contributed by atoms with Gasteiger partial charge in [-0.3, -0.25) is 9.59 Å². The molecule has 1 aromatic rings. The molecule has 1 saturated carbocycles. The zero-order valence-electron chi connectivity index (χ0n) is 16.6. The van der Waals surface area contributed by atoms with E-state index < -0.39 is 36.8 Å². The van der Waals surface area contributed by atoms with Crippen LogP contribution in [0.4, 0.5) is 4.79 Å². The van der Waals surface area contributed by atoms with Crippen molar-refractivity contribution in [2.45, 2.75) is 51.1 Å². The van der Waals surface area contributed by atoms with Crippen molar-refractivity contribution >= 4 is 23.8 Å². The Labute approximate surface area is 169 Å². The van der Waals surface area contributed by atoms with Crippen LogP contribution in [0.25, 0.3) is 0 Å². The fourth-order valence-corrected chi connectivity index (χ4v) is 3.15. The van der Waals surface area contributed by atoms with Gasteiger partial charge in [0.05, 0.1) is 6.04 Å². The largest absolute Gasteiger partial charge is 0.508 e. The minimum atomic E-state index is -0.978. The Hall–Kier alpha value is -3.10. The zero-order chi connectivity index (χ0) is 21.4. The van der Waals surface area contributed by atoms with Gasteiger partial charge in [0.25, 0.3) is 0 Å². The van der Waals surface area contributed by atoms with Gasteiger partial charge in [0, 0.05) is 26.8 Å². The molecule has 0 bridgehead atoms. The van der Waals surface area contributed by atoms with Crippen LogP contribution in [0.3, 0.4) is 0 Å². The van der Waals surface area contributed by atoms with Crippen LogP contribution >= 0.6 is 0 Å². The van der Waals surface area contributed by atoms with Gasteiger partial charge in [0.1, 0.15) is 11.8 Å². The summed E-state index contributed by atoms with van der Waals surface area (Å²) in [7, 11) is 1.48. The summed E-state index contributed by atoms with van der Waals surface area (Å²) in [4.78, 5) is 49.0. The molecule has 0 radical (unpaired) electrons. The topological polar surface area (TPSA) is 122 Å². The molecular formula is C20H26N2O7. The van der Waals surface area contributed by atoms with Crippen LogP contribution in [-0.4, -0.2) is 59.7 Å². The lowest BCUT2D eigenvalue weighted by Crippen LogP contribution is -2.45. The highest BCUT2D eigenvalue weighted by atomic mass is 16.7. The maximum absolute atomic E-state index is 12.3. The summed E-state index contributed by atoms with van der Waals surface area (Å²) in [6, 6.07) is 4.67. The van der Waals surface area contributed by atoms with Gasteiger partial charge >= 0.3 is 12.1 Å². The van der Waals surface area contributed by atoms with E-state index in [-0.39, 0.29) is 18.0 Å². The van der Waals surface area contributed by atoms with Crippen molar-refractivity contribution in [3.63, 3.8) is 0 Å². The summed E-state index contributed by atoms with van der Waals surface area (Å²) >= 11 is 0. The first-order valence-corrected chi connectivity index (χ1v) is 9.42. The van der Waals surface area contributed by atoms with Gasteiger partial charge in [0.2, 0.25) is 12.7 Å². The monoisotopic (exact) mass is 406 g/mol. The Morgan fingerprint density at radius 1 is 1.21 bits per heavy atom. The van der Waals surface area contributed by atoms with Crippen molar-refractivity contribution in [2.75, 3.05) is 13.8 Å². The molecule has 0 heterocycles. The number of ketones is 1. The highest BCUT2D eigenvalue weighted by Gasteiger charge is 2.30. The number of carbonyl (C=O) groups excluding carboxylic acids is 4. The molecule has 0 saturated heterocycles.